The fourth-order valence-corrected chi connectivity index (χ4v) is 3.38. The van der Waals surface area contributed by atoms with Gasteiger partial charge in [-0.25, -0.2) is 13.1 Å². The van der Waals surface area contributed by atoms with Gasteiger partial charge in [-0.05, 0) is 23.4 Å². The van der Waals surface area contributed by atoms with Gasteiger partial charge < -0.3 is 0 Å². The molecule has 0 aliphatic heterocycles. The molecule has 1 N–H and O–H groups in total. The first-order chi connectivity index (χ1) is 8.54. The number of hydrogen-bond donors (Lipinski definition) is 1. The Morgan fingerprint density at radius 2 is 1.89 bits per heavy atom. The number of sulfonamides is 1. The number of hydrogen-bond acceptors (Lipinski definition) is 3. The molecule has 1 aromatic heterocycles. The van der Waals surface area contributed by atoms with E-state index in [4.69, 9.17) is 0 Å². The maximum atomic E-state index is 11.4. The van der Waals surface area contributed by atoms with E-state index in [0.29, 0.717) is 6.42 Å². The lowest BCUT2D eigenvalue weighted by Gasteiger charge is -2.16. The van der Waals surface area contributed by atoms with Crippen molar-refractivity contribution in [3.63, 3.8) is 0 Å². The zero-order valence-corrected chi connectivity index (χ0v) is 11.7. The summed E-state index contributed by atoms with van der Waals surface area (Å²) in [5.41, 5.74) is 1.12. The largest absolute Gasteiger partial charge is 0.213 e. The highest BCUT2D eigenvalue weighted by molar-refractivity contribution is 7.88. The van der Waals surface area contributed by atoms with Crippen molar-refractivity contribution in [1.82, 2.24) is 4.72 Å². The average Bonchev–Trinajstić information content (AvgIpc) is 2.81. The van der Waals surface area contributed by atoms with E-state index in [1.807, 2.05) is 47.8 Å². The van der Waals surface area contributed by atoms with E-state index in [0.717, 1.165) is 10.4 Å². The molecule has 0 saturated carbocycles. The van der Waals surface area contributed by atoms with Crippen molar-refractivity contribution in [2.24, 2.45) is 0 Å². The Bertz CT molecular complexity index is 577. The van der Waals surface area contributed by atoms with Crippen LogP contribution >= 0.6 is 11.3 Å². The molecule has 2 rings (SSSR count). The van der Waals surface area contributed by atoms with Crippen LogP contribution in [0, 0.1) is 0 Å². The van der Waals surface area contributed by atoms with Crippen molar-refractivity contribution in [1.29, 1.82) is 0 Å². The molecule has 1 heterocycles. The molecule has 5 heteroatoms. The quantitative estimate of drug-likeness (QED) is 0.915. The van der Waals surface area contributed by atoms with Gasteiger partial charge in [-0.15, -0.1) is 11.3 Å². The highest BCUT2D eigenvalue weighted by Crippen LogP contribution is 2.23. The molecule has 3 nitrogen and oxygen atoms in total. The minimum absolute atomic E-state index is 0.192. The SMILES string of the molecule is CS(=O)(=O)N[C@@H](Cc1ccccc1)c1cccs1. The Morgan fingerprint density at radius 3 is 2.44 bits per heavy atom. The molecular formula is C13H15NO2S2. The lowest BCUT2D eigenvalue weighted by molar-refractivity contribution is 0.563. The Hall–Kier alpha value is -1.17. The second kappa shape index (κ2) is 5.65. The predicted molar refractivity (Wildman–Crippen MR) is 75.2 cm³/mol. The second-order valence-corrected chi connectivity index (χ2v) is 6.91. The first kappa shape index (κ1) is 13.3. The van der Waals surface area contributed by atoms with E-state index in [2.05, 4.69) is 4.72 Å². The summed E-state index contributed by atoms with van der Waals surface area (Å²) in [4.78, 5) is 1.03. The summed E-state index contributed by atoms with van der Waals surface area (Å²) in [6.45, 7) is 0. The average molecular weight is 281 g/mol. The normalized spacial score (nSPS) is 13.4. The molecule has 1 atom stereocenters. The highest BCUT2D eigenvalue weighted by atomic mass is 32.2. The summed E-state index contributed by atoms with van der Waals surface area (Å²) < 4.78 is 25.5. The van der Waals surface area contributed by atoms with Gasteiger partial charge in [0, 0.05) is 4.88 Å². The van der Waals surface area contributed by atoms with Gasteiger partial charge in [0.05, 0.1) is 12.3 Å². The fourth-order valence-electron chi connectivity index (χ4n) is 1.80. The van der Waals surface area contributed by atoms with Crippen LogP contribution in [0.5, 0.6) is 0 Å². The fraction of sp³-hybridized carbons (Fsp3) is 0.231. The van der Waals surface area contributed by atoms with E-state index < -0.39 is 10.0 Å². The van der Waals surface area contributed by atoms with Gasteiger partial charge in [0.15, 0.2) is 0 Å². The maximum absolute atomic E-state index is 11.4. The van der Waals surface area contributed by atoms with E-state index >= 15 is 0 Å². The van der Waals surface area contributed by atoms with Crippen molar-refractivity contribution < 1.29 is 8.42 Å². The molecule has 2 aromatic rings. The van der Waals surface area contributed by atoms with Gasteiger partial charge in [-0.3, -0.25) is 0 Å². The van der Waals surface area contributed by atoms with Crippen molar-refractivity contribution in [2.45, 2.75) is 12.5 Å². The van der Waals surface area contributed by atoms with Crippen LogP contribution in [0.2, 0.25) is 0 Å². The lowest BCUT2D eigenvalue weighted by atomic mass is 10.1. The van der Waals surface area contributed by atoms with Gasteiger partial charge >= 0.3 is 0 Å². The molecule has 1 aromatic carbocycles. The topological polar surface area (TPSA) is 46.2 Å². The predicted octanol–water partition coefficient (Wildman–Crippen LogP) is 2.58. The number of rotatable bonds is 5. The van der Waals surface area contributed by atoms with Crippen LogP contribution in [0.3, 0.4) is 0 Å². The number of nitrogens with one attached hydrogen (secondary N) is 1. The van der Waals surface area contributed by atoms with Gasteiger partial charge in [0.1, 0.15) is 0 Å². The summed E-state index contributed by atoms with van der Waals surface area (Å²) in [6.07, 6.45) is 1.85. The third-order valence-corrected chi connectivity index (χ3v) is 4.22. The Morgan fingerprint density at radius 1 is 1.17 bits per heavy atom. The summed E-state index contributed by atoms with van der Waals surface area (Å²) in [7, 11) is -3.21. The van der Waals surface area contributed by atoms with Crippen molar-refractivity contribution in [3.05, 3.63) is 58.3 Å². The molecule has 96 valence electrons. The van der Waals surface area contributed by atoms with Crippen molar-refractivity contribution in [3.8, 4) is 0 Å². The van der Waals surface area contributed by atoms with Crippen LogP contribution in [-0.2, 0) is 16.4 Å². The maximum Gasteiger partial charge on any atom is 0.209 e. The van der Waals surface area contributed by atoms with Crippen LogP contribution in [0.15, 0.2) is 47.8 Å². The zero-order valence-electron chi connectivity index (χ0n) is 10.0. The van der Waals surface area contributed by atoms with Crippen LogP contribution in [0.1, 0.15) is 16.5 Å². The first-order valence-electron chi connectivity index (χ1n) is 5.59. The molecule has 0 radical (unpaired) electrons. The zero-order chi connectivity index (χ0) is 13.0. The monoisotopic (exact) mass is 281 g/mol. The second-order valence-electron chi connectivity index (χ2n) is 4.15. The molecule has 0 spiro atoms. The van der Waals surface area contributed by atoms with Crippen LogP contribution in [0.25, 0.3) is 0 Å². The Kier molecular flexibility index (Phi) is 4.16. The summed E-state index contributed by atoms with van der Waals surface area (Å²) >= 11 is 1.56. The molecular weight excluding hydrogens is 266 g/mol. The smallest absolute Gasteiger partial charge is 0.209 e. The highest BCUT2D eigenvalue weighted by Gasteiger charge is 2.17. The molecule has 0 aliphatic carbocycles. The minimum atomic E-state index is -3.21. The summed E-state index contributed by atoms with van der Waals surface area (Å²) in [6, 6.07) is 13.6. The molecule has 0 aliphatic rings. The van der Waals surface area contributed by atoms with E-state index in [-0.39, 0.29) is 6.04 Å². The standard InChI is InChI=1S/C13H15NO2S2/c1-18(15,16)14-12(13-8-5-9-17-13)10-11-6-3-2-4-7-11/h2-9,12,14H,10H2,1H3/t12-/m0/s1. The lowest BCUT2D eigenvalue weighted by Crippen LogP contribution is -2.28. The van der Waals surface area contributed by atoms with Crippen molar-refractivity contribution in [2.75, 3.05) is 6.26 Å². The Balaban J connectivity index is 2.21. The third-order valence-electron chi connectivity index (χ3n) is 2.53. The molecule has 0 unspecified atom stereocenters. The third kappa shape index (κ3) is 3.94. The van der Waals surface area contributed by atoms with Crippen LogP contribution in [-0.4, -0.2) is 14.7 Å². The number of benzene rings is 1. The van der Waals surface area contributed by atoms with E-state index in [1.54, 1.807) is 11.3 Å². The van der Waals surface area contributed by atoms with Gasteiger partial charge in [0.2, 0.25) is 10.0 Å². The van der Waals surface area contributed by atoms with E-state index in [9.17, 15) is 8.42 Å². The molecule has 0 saturated heterocycles. The van der Waals surface area contributed by atoms with Crippen molar-refractivity contribution >= 4 is 21.4 Å². The number of thiophene rings is 1. The molecule has 18 heavy (non-hydrogen) atoms. The Labute approximate surface area is 112 Å². The van der Waals surface area contributed by atoms with Crippen LogP contribution < -0.4 is 4.72 Å². The van der Waals surface area contributed by atoms with E-state index in [1.165, 1.54) is 6.26 Å². The summed E-state index contributed by atoms with van der Waals surface area (Å²) in [5, 5.41) is 1.96. The van der Waals surface area contributed by atoms with Gasteiger partial charge in [0.25, 0.3) is 0 Å². The summed E-state index contributed by atoms with van der Waals surface area (Å²) in [5.74, 6) is 0. The van der Waals surface area contributed by atoms with Gasteiger partial charge in [-0.2, -0.15) is 0 Å². The molecule has 0 fully saturated rings. The molecule has 0 bridgehead atoms. The first-order valence-corrected chi connectivity index (χ1v) is 8.36. The van der Waals surface area contributed by atoms with Crippen LogP contribution in [0.4, 0.5) is 0 Å². The molecule has 0 amide bonds. The van der Waals surface area contributed by atoms with Gasteiger partial charge in [-0.1, -0.05) is 36.4 Å². The minimum Gasteiger partial charge on any atom is -0.213 e.